The van der Waals surface area contributed by atoms with Crippen molar-refractivity contribution in [3.8, 4) is 28.6 Å². The van der Waals surface area contributed by atoms with Gasteiger partial charge in [0.1, 0.15) is 11.5 Å². The Morgan fingerprint density at radius 2 is 1.74 bits per heavy atom. The molecule has 0 spiro atoms. The third kappa shape index (κ3) is 5.33. The largest absolute Gasteiger partial charge is 2.00 e. The van der Waals surface area contributed by atoms with Gasteiger partial charge in [0.05, 0.1) is 12.1 Å². The van der Waals surface area contributed by atoms with Gasteiger partial charge in [0.2, 0.25) is 0 Å². The van der Waals surface area contributed by atoms with Crippen LogP contribution in [0.4, 0.5) is 5.69 Å². The third-order valence-electron chi connectivity index (χ3n) is 7.46. The van der Waals surface area contributed by atoms with Crippen LogP contribution in [0.1, 0.15) is 19.4 Å². The van der Waals surface area contributed by atoms with Crippen LogP contribution in [0.3, 0.4) is 0 Å². The average Bonchev–Trinajstić information content (AvgIpc) is 3.54. The molecule has 0 aliphatic heterocycles. The molecule has 7 heteroatoms. The number of aryl methyl sites for hydroxylation is 1. The van der Waals surface area contributed by atoms with Gasteiger partial charge in [-0.3, -0.25) is 4.85 Å². The van der Waals surface area contributed by atoms with Gasteiger partial charge in [0.15, 0.2) is 0 Å². The number of fused-ring (bicyclic) bond motifs is 4. The van der Waals surface area contributed by atoms with E-state index < -0.39 is 0 Å². The van der Waals surface area contributed by atoms with Crippen LogP contribution < -0.4 is 4.74 Å². The standard InChI is InChI=1S/C36H27N5O.Pt/c1-23(2)15-24-9-12-36(39-21-24)41-33-8-6-5-7-30(33)31-11-10-28(20-34(31)41)42-29-17-26(16-27(19-29)37-3)32-18-25-13-14-40(4)35(25)22-38-32;/h5-14,16,18-19,21-23H,15H2,1-2,4H3;/q-2;+2. The molecule has 0 bridgehead atoms. The zero-order valence-corrected chi connectivity index (χ0v) is 26.2. The van der Waals surface area contributed by atoms with Crippen molar-refractivity contribution >= 4 is 38.4 Å². The summed E-state index contributed by atoms with van der Waals surface area (Å²) in [6, 6.07) is 30.8. The summed E-state index contributed by atoms with van der Waals surface area (Å²) in [4.78, 5) is 13.1. The molecule has 0 aliphatic carbocycles. The summed E-state index contributed by atoms with van der Waals surface area (Å²) < 4.78 is 10.5. The molecule has 4 heterocycles. The summed E-state index contributed by atoms with van der Waals surface area (Å²) in [5.74, 6) is 2.35. The molecule has 0 amide bonds. The van der Waals surface area contributed by atoms with Crippen LogP contribution >= 0.6 is 0 Å². The minimum absolute atomic E-state index is 0. The van der Waals surface area contributed by atoms with E-state index in [1.165, 1.54) is 5.56 Å². The molecule has 0 saturated heterocycles. The third-order valence-corrected chi connectivity index (χ3v) is 7.46. The number of para-hydroxylation sites is 1. The predicted octanol–water partition coefficient (Wildman–Crippen LogP) is 8.87. The molecule has 0 atom stereocenters. The molecule has 0 aliphatic rings. The number of benzene rings is 3. The summed E-state index contributed by atoms with van der Waals surface area (Å²) in [5.41, 5.74) is 6.07. The first-order valence-electron chi connectivity index (χ1n) is 13.9. The van der Waals surface area contributed by atoms with Gasteiger partial charge in [-0.1, -0.05) is 61.8 Å². The molecule has 0 unspecified atom stereocenters. The Balaban J connectivity index is 0.00000329. The van der Waals surface area contributed by atoms with Crippen molar-refractivity contribution in [2.75, 3.05) is 0 Å². The smallest absolute Gasteiger partial charge is 0.504 e. The summed E-state index contributed by atoms with van der Waals surface area (Å²) in [6.45, 7) is 12.1. The van der Waals surface area contributed by atoms with E-state index in [1.807, 2.05) is 60.5 Å². The van der Waals surface area contributed by atoms with Crippen molar-refractivity contribution in [2.24, 2.45) is 13.0 Å². The van der Waals surface area contributed by atoms with Gasteiger partial charge < -0.3 is 18.9 Å². The van der Waals surface area contributed by atoms with Gasteiger partial charge in [-0.2, -0.15) is 6.07 Å². The Morgan fingerprint density at radius 1 is 0.884 bits per heavy atom. The maximum atomic E-state index is 7.67. The van der Waals surface area contributed by atoms with Gasteiger partial charge in [-0.25, -0.2) is 4.98 Å². The van der Waals surface area contributed by atoms with Crippen LogP contribution in [0.15, 0.2) is 91.4 Å². The normalized spacial score (nSPS) is 11.2. The molecule has 3 aromatic carbocycles. The SMILES string of the molecule is [C-]#[N+]c1cc(Oc2[c-]c3c(cc2)c2ccccc2n3-c2ccc(CC(C)C)cn2)[c-]c(-c2cc3ccn(C)c3cn2)c1.[Pt+2]. The summed E-state index contributed by atoms with van der Waals surface area (Å²) in [5, 5.41) is 3.25. The Kier molecular flexibility index (Phi) is 7.60. The van der Waals surface area contributed by atoms with E-state index in [9.17, 15) is 0 Å². The second-order valence-corrected chi connectivity index (χ2v) is 10.9. The van der Waals surface area contributed by atoms with Crippen molar-refractivity contribution in [1.82, 2.24) is 19.1 Å². The first kappa shape index (κ1) is 28.4. The number of pyridine rings is 2. The summed E-state index contributed by atoms with van der Waals surface area (Å²) in [7, 11) is 1.99. The van der Waals surface area contributed by atoms with Crippen molar-refractivity contribution in [3.05, 3.63) is 121 Å². The summed E-state index contributed by atoms with van der Waals surface area (Å²) in [6.07, 6.45) is 6.79. The van der Waals surface area contributed by atoms with E-state index >= 15 is 0 Å². The van der Waals surface area contributed by atoms with E-state index in [4.69, 9.17) is 16.3 Å². The summed E-state index contributed by atoms with van der Waals surface area (Å²) >= 11 is 0. The quantitative estimate of drug-likeness (QED) is 0.160. The van der Waals surface area contributed by atoms with E-state index in [0.29, 0.717) is 28.7 Å². The molecular weight excluding hydrogens is 714 g/mol. The predicted molar refractivity (Wildman–Crippen MR) is 167 cm³/mol. The van der Waals surface area contributed by atoms with Crippen LogP contribution in [-0.4, -0.2) is 19.1 Å². The van der Waals surface area contributed by atoms with Gasteiger partial charge >= 0.3 is 21.1 Å². The number of rotatable bonds is 6. The topological polar surface area (TPSA) is 49.2 Å². The molecule has 7 aromatic rings. The van der Waals surface area contributed by atoms with E-state index in [-0.39, 0.29) is 21.1 Å². The Bertz CT molecular complexity index is 2150. The Hall–Kier alpha value is -4.72. The van der Waals surface area contributed by atoms with E-state index in [2.05, 4.69) is 70.7 Å². The number of aromatic nitrogens is 4. The van der Waals surface area contributed by atoms with Crippen LogP contribution in [0.25, 0.3) is 54.6 Å². The fourth-order valence-electron chi connectivity index (χ4n) is 5.53. The zero-order chi connectivity index (χ0) is 28.8. The molecule has 0 fully saturated rings. The van der Waals surface area contributed by atoms with Gasteiger partial charge in [0.25, 0.3) is 0 Å². The molecule has 0 saturated carbocycles. The Labute approximate surface area is 264 Å². The molecule has 6 nitrogen and oxygen atoms in total. The van der Waals surface area contributed by atoms with Crippen molar-refractivity contribution < 1.29 is 25.8 Å². The van der Waals surface area contributed by atoms with Gasteiger partial charge in [0, 0.05) is 42.7 Å². The van der Waals surface area contributed by atoms with Crippen LogP contribution in [0.5, 0.6) is 11.5 Å². The van der Waals surface area contributed by atoms with Crippen LogP contribution in [0, 0.1) is 24.6 Å². The maximum Gasteiger partial charge on any atom is 2.00 e. The van der Waals surface area contributed by atoms with Crippen molar-refractivity contribution in [3.63, 3.8) is 0 Å². The molecule has 43 heavy (non-hydrogen) atoms. The minimum atomic E-state index is 0. The number of ether oxygens (including phenoxy) is 1. The molecule has 212 valence electrons. The first-order valence-corrected chi connectivity index (χ1v) is 13.9. The van der Waals surface area contributed by atoms with E-state index in [0.717, 1.165) is 50.6 Å². The monoisotopic (exact) mass is 740 g/mol. The number of hydrogen-bond donors (Lipinski definition) is 0. The molecule has 4 aromatic heterocycles. The van der Waals surface area contributed by atoms with Gasteiger partial charge in [-0.05, 0) is 52.6 Å². The number of hydrogen-bond acceptors (Lipinski definition) is 3. The molecule has 7 rings (SSSR count). The van der Waals surface area contributed by atoms with E-state index in [1.54, 1.807) is 12.1 Å². The first-order chi connectivity index (χ1) is 20.5. The molecular formula is C36H27N5OPt. The maximum absolute atomic E-state index is 7.67. The average molecular weight is 741 g/mol. The fraction of sp³-hybridized carbons (Fsp3) is 0.139. The van der Waals surface area contributed by atoms with Crippen molar-refractivity contribution in [1.29, 1.82) is 0 Å². The molecule has 0 radical (unpaired) electrons. The number of nitrogens with zero attached hydrogens (tertiary/aromatic N) is 5. The fourth-order valence-corrected chi connectivity index (χ4v) is 5.53. The second kappa shape index (κ2) is 11.5. The zero-order valence-electron chi connectivity index (χ0n) is 23.9. The second-order valence-electron chi connectivity index (χ2n) is 10.9. The van der Waals surface area contributed by atoms with Crippen LogP contribution in [-0.2, 0) is 34.5 Å². The van der Waals surface area contributed by atoms with Gasteiger partial charge in [-0.15, -0.1) is 29.1 Å². The minimum Gasteiger partial charge on any atom is -0.504 e. The molecule has 0 N–H and O–H groups in total. The van der Waals surface area contributed by atoms with Crippen molar-refractivity contribution in [2.45, 2.75) is 20.3 Å². The van der Waals surface area contributed by atoms with Crippen LogP contribution in [0.2, 0.25) is 0 Å². The Morgan fingerprint density at radius 3 is 2.53 bits per heavy atom.